The summed E-state index contributed by atoms with van der Waals surface area (Å²) in [7, 11) is 0. The Morgan fingerprint density at radius 3 is 3.16 bits per heavy atom. The van der Waals surface area contributed by atoms with Crippen LogP contribution in [-0.2, 0) is 4.74 Å². The second kappa shape index (κ2) is 4.74. The second-order valence-electron chi connectivity index (χ2n) is 5.53. The number of morpholine rings is 1. The Bertz CT molecular complexity index is 582. The molecule has 0 aliphatic carbocycles. The molecule has 1 atom stereocenters. The lowest BCUT2D eigenvalue weighted by molar-refractivity contribution is -0.101. The van der Waals surface area contributed by atoms with Gasteiger partial charge in [-0.3, -0.25) is 0 Å². The van der Waals surface area contributed by atoms with Crippen molar-refractivity contribution in [3.8, 4) is 0 Å². The standard InChI is InChI=1S/C14H18N2O2S/c1-14(2)9-16(7-10(8-17)18-14)13-11-4-6-19-12(11)3-5-15-13/h3-6,10,17H,7-9H2,1-2H3. The van der Waals surface area contributed by atoms with Crippen LogP contribution in [-0.4, -0.2) is 41.5 Å². The zero-order valence-corrected chi connectivity index (χ0v) is 12.0. The van der Waals surface area contributed by atoms with E-state index in [4.69, 9.17) is 4.74 Å². The first-order valence-electron chi connectivity index (χ1n) is 6.45. The van der Waals surface area contributed by atoms with Gasteiger partial charge in [-0.15, -0.1) is 11.3 Å². The molecule has 1 unspecified atom stereocenters. The highest BCUT2D eigenvalue weighted by Crippen LogP contribution is 2.32. The molecule has 0 bridgehead atoms. The van der Waals surface area contributed by atoms with Crippen LogP contribution in [0.25, 0.3) is 10.1 Å². The van der Waals surface area contributed by atoms with E-state index in [2.05, 4.69) is 35.2 Å². The van der Waals surface area contributed by atoms with Gasteiger partial charge in [0.15, 0.2) is 0 Å². The number of aromatic nitrogens is 1. The van der Waals surface area contributed by atoms with Crippen molar-refractivity contribution in [1.82, 2.24) is 4.98 Å². The molecule has 1 N–H and O–H groups in total. The number of pyridine rings is 1. The third kappa shape index (κ3) is 2.45. The number of rotatable bonds is 2. The van der Waals surface area contributed by atoms with E-state index in [1.54, 1.807) is 11.3 Å². The second-order valence-corrected chi connectivity index (χ2v) is 6.48. The lowest BCUT2D eigenvalue weighted by Gasteiger charge is -2.43. The van der Waals surface area contributed by atoms with Crippen LogP contribution in [0.15, 0.2) is 23.7 Å². The first-order valence-corrected chi connectivity index (χ1v) is 7.33. The molecule has 5 heteroatoms. The van der Waals surface area contributed by atoms with E-state index in [0.29, 0.717) is 6.54 Å². The van der Waals surface area contributed by atoms with Crippen molar-refractivity contribution < 1.29 is 9.84 Å². The van der Waals surface area contributed by atoms with Gasteiger partial charge in [0.25, 0.3) is 0 Å². The molecule has 2 aromatic rings. The van der Waals surface area contributed by atoms with Crippen molar-refractivity contribution in [2.24, 2.45) is 0 Å². The van der Waals surface area contributed by atoms with Crippen molar-refractivity contribution in [2.45, 2.75) is 25.6 Å². The Kier molecular flexibility index (Phi) is 3.20. The maximum atomic E-state index is 9.39. The van der Waals surface area contributed by atoms with Gasteiger partial charge in [-0.05, 0) is 31.4 Å². The summed E-state index contributed by atoms with van der Waals surface area (Å²) < 4.78 is 7.10. The zero-order chi connectivity index (χ0) is 13.5. The average molecular weight is 278 g/mol. The van der Waals surface area contributed by atoms with Crippen molar-refractivity contribution >= 4 is 27.2 Å². The molecule has 1 saturated heterocycles. The van der Waals surface area contributed by atoms with E-state index < -0.39 is 0 Å². The maximum Gasteiger partial charge on any atom is 0.137 e. The van der Waals surface area contributed by atoms with Gasteiger partial charge in [-0.1, -0.05) is 0 Å². The zero-order valence-electron chi connectivity index (χ0n) is 11.2. The highest BCUT2D eigenvalue weighted by atomic mass is 32.1. The maximum absolute atomic E-state index is 9.39. The summed E-state index contributed by atoms with van der Waals surface area (Å²) >= 11 is 1.72. The molecular weight excluding hydrogens is 260 g/mol. The van der Waals surface area contributed by atoms with Crippen LogP contribution in [0.2, 0.25) is 0 Å². The Morgan fingerprint density at radius 2 is 2.37 bits per heavy atom. The summed E-state index contributed by atoms with van der Waals surface area (Å²) in [6.07, 6.45) is 1.70. The summed E-state index contributed by atoms with van der Waals surface area (Å²) in [4.78, 5) is 6.75. The lowest BCUT2D eigenvalue weighted by Crippen LogP contribution is -2.54. The summed E-state index contributed by atoms with van der Waals surface area (Å²) in [5.41, 5.74) is -0.272. The molecule has 3 heterocycles. The normalized spacial score (nSPS) is 22.9. The van der Waals surface area contributed by atoms with Crippen molar-refractivity contribution in [2.75, 3.05) is 24.6 Å². The van der Waals surface area contributed by atoms with E-state index in [1.807, 2.05) is 12.3 Å². The number of aliphatic hydroxyl groups excluding tert-OH is 1. The number of hydrogen-bond acceptors (Lipinski definition) is 5. The van der Waals surface area contributed by atoms with E-state index >= 15 is 0 Å². The molecule has 0 spiro atoms. The Hall–Kier alpha value is -1.17. The van der Waals surface area contributed by atoms with Crippen LogP contribution < -0.4 is 4.90 Å². The molecule has 3 rings (SSSR count). The monoisotopic (exact) mass is 278 g/mol. The van der Waals surface area contributed by atoms with E-state index in [-0.39, 0.29) is 18.3 Å². The largest absolute Gasteiger partial charge is 0.394 e. The third-order valence-corrected chi connectivity index (χ3v) is 4.23. The molecule has 102 valence electrons. The highest BCUT2D eigenvalue weighted by Gasteiger charge is 2.34. The molecule has 2 aromatic heterocycles. The molecule has 4 nitrogen and oxygen atoms in total. The van der Waals surface area contributed by atoms with Crippen molar-refractivity contribution in [3.63, 3.8) is 0 Å². The van der Waals surface area contributed by atoms with Gasteiger partial charge in [0.1, 0.15) is 5.82 Å². The van der Waals surface area contributed by atoms with Crippen molar-refractivity contribution in [3.05, 3.63) is 23.7 Å². The molecule has 0 amide bonds. The molecular formula is C14H18N2O2S. The minimum Gasteiger partial charge on any atom is -0.394 e. The van der Waals surface area contributed by atoms with Crippen LogP contribution in [0.4, 0.5) is 5.82 Å². The van der Waals surface area contributed by atoms with Gasteiger partial charge in [-0.25, -0.2) is 4.98 Å². The minimum absolute atomic E-state index is 0.0412. The topological polar surface area (TPSA) is 45.6 Å². The first-order chi connectivity index (χ1) is 9.09. The molecule has 1 aliphatic rings. The molecule has 1 aliphatic heterocycles. The molecule has 0 radical (unpaired) electrons. The predicted molar refractivity (Wildman–Crippen MR) is 77.9 cm³/mol. The number of ether oxygens (including phenoxy) is 1. The fraction of sp³-hybridized carbons (Fsp3) is 0.500. The van der Waals surface area contributed by atoms with Crippen LogP contribution >= 0.6 is 11.3 Å². The van der Waals surface area contributed by atoms with Crippen molar-refractivity contribution in [1.29, 1.82) is 0 Å². The molecule has 1 fully saturated rings. The van der Waals surface area contributed by atoms with E-state index in [1.165, 1.54) is 10.1 Å². The number of hydrogen-bond donors (Lipinski definition) is 1. The Balaban J connectivity index is 1.98. The summed E-state index contributed by atoms with van der Waals surface area (Å²) in [6.45, 7) is 5.61. The Labute approximate surface area is 116 Å². The third-order valence-electron chi connectivity index (χ3n) is 3.34. The number of thiophene rings is 1. The smallest absolute Gasteiger partial charge is 0.137 e. The molecule has 0 saturated carbocycles. The molecule has 0 aromatic carbocycles. The fourth-order valence-corrected chi connectivity index (χ4v) is 3.46. The highest BCUT2D eigenvalue weighted by molar-refractivity contribution is 7.17. The minimum atomic E-state index is -0.272. The van der Waals surface area contributed by atoms with Crippen LogP contribution in [0.3, 0.4) is 0 Å². The SMILES string of the molecule is CC1(C)CN(c2nccc3sccc23)CC(CO)O1. The van der Waals surface area contributed by atoms with Gasteiger partial charge >= 0.3 is 0 Å². The van der Waals surface area contributed by atoms with E-state index in [0.717, 1.165) is 12.4 Å². The van der Waals surface area contributed by atoms with Gasteiger partial charge in [0, 0.05) is 29.4 Å². The summed E-state index contributed by atoms with van der Waals surface area (Å²) in [5, 5.41) is 12.7. The van der Waals surface area contributed by atoms with E-state index in [9.17, 15) is 5.11 Å². The number of nitrogens with zero attached hydrogens (tertiary/aromatic N) is 2. The Morgan fingerprint density at radius 1 is 1.53 bits per heavy atom. The van der Waals surface area contributed by atoms with Gasteiger partial charge in [0.05, 0.1) is 18.3 Å². The number of fused-ring (bicyclic) bond motifs is 1. The van der Waals surface area contributed by atoms with Crippen LogP contribution in [0, 0.1) is 0 Å². The number of aliphatic hydroxyl groups is 1. The first kappa shape index (κ1) is 12.8. The quantitative estimate of drug-likeness (QED) is 0.915. The summed E-state index contributed by atoms with van der Waals surface area (Å²) in [6, 6.07) is 4.15. The predicted octanol–water partition coefficient (Wildman–Crippen LogP) is 2.27. The van der Waals surface area contributed by atoms with Gasteiger partial charge in [-0.2, -0.15) is 0 Å². The fourth-order valence-electron chi connectivity index (χ4n) is 2.68. The van der Waals surface area contributed by atoms with Crippen LogP contribution in [0.1, 0.15) is 13.8 Å². The van der Waals surface area contributed by atoms with Gasteiger partial charge in [0.2, 0.25) is 0 Å². The summed E-state index contributed by atoms with van der Waals surface area (Å²) in [5.74, 6) is 0.994. The lowest BCUT2D eigenvalue weighted by atomic mass is 10.0. The average Bonchev–Trinajstić information content (AvgIpc) is 2.84. The van der Waals surface area contributed by atoms with Crippen LogP contribution in [0.5, 0.6) is 0 Å². The number of anilines is 1. The molecule has 19 heavy (non-hydrogen) atoms. The van der Waals surface area contributed by atoms with Gasteiger partial charge < -0.3 is 14.7 Å².